The van der Waals surface area contributed by atoms with E-state index in [0.717, 1.165) is 32.6 Å². The van der Waals surface area contributed by atoms with Crippen molar-refractivity contribution in [3.63, 3.8) is 0 Å². The van der Waals surface area contributed by atoms with Crippen LogP contribution >= 0.6 is 23.6 Å². The highest BCUT2D eigenvalue weighted by Crippen LogP contribution is 2.14. The number of hydrogen-bond donors (Lipinski definition) is 1. The van der Waals surface area contributed by atoms with E-state index in [1.807, 2.05) is 4.90 Å². The first-order chi connectivity index (χ1) is 9.13. The van der Waals surface area contributed by atoms with Crippen LogP contribution < -0.4 is 5.73 Å². The Balaban J connectivity index is 1.92. The summed E-state index contributed by atoms with van der Waals surface area (Å²) < 4.78 is 0. The third-order valence-electron chi connectivity index (χ3n) is 3.40. The van der Waals surface area contributed by atoms with E-state index >= 15 is 0 Å². The molecule has 0 bridgehead atoms. The Labute approximate surface area is 122 Å². The van der Waals surface area contributed by atoms with Gasteiger partial charge in [-0.3, -0.25) is 14.7 Å². The maximum Gasteiger partial charge on any atom is 0.265 e. The van der Waals surface area contributed by atoms with Crippen LogP contribution in [0.2, 0.25) is 0 Å². The van der Waals surface area contributed by atoms with Gasteiger partial charge in [-0.1, -0.05) is 19.1 Å². The topological polar surface area (TPSA) is 62.5 Å². The fourth-order valence-electron chi connectivity index (χ4n) is 2.35. The molecule has 1 saturated heterocycles. The van der Waals surface area contributed by atoms with Crippen LogP contribution in [0.3, 0.4) is 0 Å². The molecule has 104 valence electrons. The Hall–Kier alpha value is -1.05. The summed E-state index contributed by atoms with van der Waals surface area (Å²) in [5.41, 5.74) is 7.44. The van der Waals surface area contributed by atoms with Gasteiger partial charge < -0.3 is 10.6 Å². The first-order valence-corrected chi connectivity index (χ1v) is 7.63. The number of carbonyl (C=O) groups excluding carboxylic acids is 1. The zero-order valence-electron chi connectivity index (χ0n) is 10.9. The normalized spacial score (nSPS) is 18.3. The average Bonchev–Trinajstić information content (AvgIpc) is 2.93. The van der Waals surface area contributed by atoms with Gasteiger partial charge in [0.25, 0.3) is 5.91 Å². The number of rotatable bonds is 4. The van der Waals surface area contributed by atoms with E-state index in [4.69, 9.17) is 18.0 Å². The van der Waals surface area contributed by atoms with Crippen molar-refractivity contribution in [2.45, 2.75) is 19.4 Å². The molecule has 1 aliphatic rings. The number of nitrogens with two attached hydrogens (primary N) is 1. The Bertz CT molecular complexity index is 441. The van der Waals surface area contributed by atoms with E-state index in [1.165, 1.54) is 11.3 Å². The Morgan fingerprint density at radius 1 is 1.53 bits per heavy atom. The molecule has 1 amide bonds. The lowest BCUT2D eigenvalue weighted by atomic mass is 10.1. The minimum atomic E-state index is 0.0746. The fraction of sp³-hybridized carbons (Fsp3) is 0.583. The number of amides is 1. The minimum absolute atomic E-state index is 0.0746. The summed E-state index contributed by atoms with van der Waals surface area (Å²) in [4.78, 5) is 21.5. The van der Waals surface area contributed by atoms with Gasteiger partial charge in [-0.2, -0.15) is 0 Å². The maximum atomic E-state index is 12.2. The lowest BCUT2D eigenvalue weighted by Gasteiger charge is -2.38. The lowest BCUT2D eigenvalue weighted by Crippen LogP contribution is -2.54. The number of piperazine rings is 1. The molecule has 19 heavy (non-hydrogen) atoms. The van der Waals surface area contributed by atoms with Gasteiger partial charge >= 0.3 is 0 Å². The predicted molar refractivity (Wildman–Crippen MR) is 80.5 cm³/mol. The molecule has 1 aromatic rings. The van der Waals surface area contributed by atoms with Gasteiger partial charge in [0.2, 0.25) is 0 Å². The first kappa shape index (κ1) is 14.4. The highest BCUT2D eigenvalue weighted by molar-refractivity contribution is 7.80. The standard InChI is InChI=1S/C12H18N4OS2/c1-2-9(11(13)18)15-3-5-16(6-4-15)12(17)10-7-14-8-19-10/h7-9H,2-6H2,1H3,(H2,13,18). The second-order valence-electron chi connectivity index (χ2n) is 4.52. The van der Waals surface area contributed by atoms with E-state index in [-0.39, 0.29) is 11.9 Å². The molecule has 1 fully saturated rings. The minimum Gasteiger partial charge on any atom is -0.392 e. The molecule has 1 unspecified atom stereocenters. The van der Waals surface area contributed by atoms with Crippen LogP contribution in [0.5, 0.6) is 0 Å². The van der Waals surface area contributed by atoms with Crippen LogP contribution in [0.15, 0.2) is 11.7 Å². The van der Waals surface area contributed by atoms with Crippen LogP contribution in [-0.4, -0.2) is 57.9 Å². The Morgan fingerprint density at radius 2 is 2.21 bits per heavy atom. The summed E-state index contributed by atoms with van der Waals surface area (Å²) in [6.45, 7) is 5.16. The predicted octanol–water partition coefficient (Wildman–Crippen LogP) is 0.966. The number of nitrogens with zero attached hydrogens (tertiary/aromatic N) is 3. The zero-order valence-corrected chi connectivity index (χ0v) is 12.5. The third kappa shape index (κ3) is 3.29. The summed E-state index contributed by atoms with van der Waals surface area (Å²) in [7, 11) is 0. The second-order valence-corrected chi connectivity index (χ2v) is 5.88. The Morgan fingerprint density at radius 3 is 2.68 bits per heavy atom. The molecule has 0 aromatic carbocycles. The van der Waals surface area contributed by atoms with E-state index in [9.17, 15) is 4.79 Å². The van der Waals surface area contributed by atoms with Crippen molar-refractivity contribution in [1.29, 1.82) is 0 Å². The summed E-state index contributed by atoms with van der Waals surface area (Å²) in [6.07, 6.45) is 2.54. The first-order valence-electron chi connectivity index (χ1n) is 6.34. The van der Waals surface area contributed by atoms with Gasteiger partial charge in [-0.15, -0.1) is 11.3 Å². The van der Waals surface area contributed by atoms with Crippen molar-refractivity contribution < 1.29 is 4.79 Å². The summed E-state index contributed by atoms with van der Waals surface area (Å²) in [6, 6.07) is 0.149. The average molecular weight is 298 g/mol. The monoisotopic (exact) mass is 298 g/mol. The highest BCUT2D eigenvalue weighted by Gasteiger charge is 2.27. The van der Waals surface area contributed by atoms with Gasteiger partial charge in [-0.05, 0) is 6.42 Å². The fourth-order valence-corrected chi connectivity index (χ4v) is 3.26. The van der Waals surface area contributed by atoms with E-state index in [2.05, 4.69) is 16.8 Å². The molecule has 0 radical (unpaired) electrons. The van der Waals surface area contributed by atoms with Crippen molar-refractivity contribution in [2.24, 2.45) is 5.73 Å². The van der Waals surface area contributed by atoms with Crippen molar-refractivity contribution in [2.75, 3.05) is 26.2 Å². The summed E-state index contributed by atoms with van der Waals surface area (Å²) >= 11 is 6.48. The molecule has 2 N–H and O–H groups in total. The summed E-state index contributed by atoms with van der Waals surface area (Å²) in [5, 5.41) is 0. The van der Waals surface area contributed by atoms with Crippen molar-refractivity contribution >= 4 is 34.5 Å². The number of thiazole rings is 1. The molecule has 0 spiro atoms. The molecule has 0 saturated carbocycles. The van der Waals surface area contributed by atoms with Crippen LogP contribution in [-0.2, 0) is 0 Å². The molecule has 1 aromatic heterocycles. The SMILES string of the molecule is CCC(C(N)=S)N1CCN(C(=O)c2cncs2)CC1. The smallest absolute Gasteiger partial charge is 0.265 e. The van der Waals surface area contributed by atoms with Crippen molar-refractivity contribution in [1.82, 2.24) is 14.8 Å². The number of aromatic nitrogens is 1. The molecule has 1 aliphatic heterocycles. The number of carbonyl (C=O) groups is 1. The van der Waals surface area contributed by atoms with Gasteiger partial charge in [0.05, 0.1) is 22.7 Å². The van der Waals surface area contributed by atoms with Crippen molar-refractivity contribution in [3.8, 4) is 0 Å². The molecule has 5 nitrogen and oxygen atoms in total. The molecule has 1 atom stereocenters. The molecular weight excluding hydrogens is 280 g/mol. The third-order valence-corrected chi connectivity index (χ3v) is 4.43. The van der Waals surface area contributed by atoms with E-state index in [0.29, 0.717) is 9.87 Å². The second kappa shape index (κ2) is 6.40. The van der Waals surface area contributed by atoms with Gasteiger partial charge in [0.1, 0.15) is 4.88 Å². The largest absolute Gasteiger partial charge is 0.392 e. The molecule has 2 rings (SSSR count). The van der Waals surface area contributed by atoms with Gasteiger partial charge in [-0.25, -0.2) is 0 Å². The number of hydrogen-bond acceptors (Lipinski definition) is 5. The lowest BCUT2D eigenvalue weighted by molar-refractivity contribution is 0.0616. The quantitative estimate of drug-likeness (QED) is 0.839. The zero-order chi connectivity index (χ0) is 13.8. The molecule has 0 aliphatic carbocycles. The van der Waals surface area contributed by atoms with Gasteiger partial charge in [0, 0.05) is 26.2 Å². The summed E-state index contributed by atoms with van der Waals surface area (Å²) in [5.74, 6) is 0.0746. The van der Waals surface area contributed by atoms with Crippen LogP contribution in [0.1, 0.15) is 23.0 Å². The Kier molecular flexibility index (Phi) is 4.84. The van der Waals surface area contributed by atoms with E-state index in [1.54, 1.807) is 11.7 Å². The van der Waals surface area contributed by atoms with E-state index < -0.39 is 0 Å². The molecule has 7 heteroatoms. The maximum absolute atomic E-state index is 12.2. The van der Waals surface area contributed by atoms with Crippen LogP contribution in [0.25, 0.3) is 0 Å². The van der Waals surface area contributed by atoms with Crippen LogP contribution in [0, 0.1) is 0 Å². The number of thiocarbonyl (C=S) groups is 1. The van der Waals surface area contributed by atoms with Crippen molar-refractivity contribution in [3.05, 3.63) is 16.6 Å². The highest BCUT2D eigenvalue weighted by atomic mass is 32.1. The van der Waals surface area contributed by atoms with Crippen LogP contribution in [0.4, 0.5) is 0 Å². The molecular formula is C12H18N4OS2. The van der Waals surface area contributed by atoms with Gasteiger partial charge in [0.15, 0.2) is 0 Å². The molecule has 2 heterocycles.